The van der Waals surface area contributed by atoms with Crippen LogP contribution in [-0.4, -0.2) is 51.5 Å². The Labute approximate surface area is 161 Å². The Balaban J connectivity index is 1.65. The van der Waals surface area contributed by atoms with E-state index in [1.165, 1.54) is 11.8 Å². The summed E-state index contributed by atoms with van der Waals surface area (Å²) in [5.41, 5.74) is 2.28. The highest BCUT2D eigenvalue weighted by Gasteiger charge is 2.64. The number of nitrogens with zero attached hydrogens (tertiary/aromatic N) is 4. The molecule has 2 fully saturated rings. The molecule has 1 saturated carbocycles. The van der Waals surface area contributed by atoms with Gasteiger partial charge in [0.2, 0.25) is 11.7 Å². The summed E-state index contributed by atoms with van der Waals surface area (Å²) in [7, 11) is 0. The van der Waals surface area contributed by atoms with Gasteiger partial charge in [0.25, 0.3) is 0 Å². The van der Waals surface area contributed by atoms with Gasteiger partial charge in [-0.05, 0) is 25.5 Å². The third-order valence-electron chi connectivity index (χ3n) is 6.09. The monoisotopic (exact) mass is 387 g/mol. The lowest BCUT2D eigenvalue weighted by Crippen LogP contribution is -2.59. The van der Waals surface area contributed by atoms with Gasteiger partial charge in [0.05, 0.1) is 31.6 Å². The fourth-order valence-electron chi connectivity index (χ4n) is 4.97. The molecule has 2 aromatic heterocycles. The third-order valence-corrected chi connectivity index (χ3v) is 6.64. The first-order valence-electron chi connectivity index (χ1n) is 9.50. The maximum Gasteiger partial charge on any atom is 0.230 e. The molecular formula is C18H21N5O3S. The summed E-state index contributed by atoms with van der Waals surface area (Å²) in [6.45, 7) is 2.71. The van der Waals surface area contributed by atoms with Crippen LogP contribution in [-0.2, 0) is 21.6 Å². The van der Waals surface area contributed by atoms with Crippen LogP contribution in [0.1, 0.15) is 31.2 Å². The molecule has 2 aromatic rings. The molecule has 8 nitrogen and oxygen atoms in total. The lowest BCUT2D eigenvalue weighted by atomic mass is 9.72. The van der Waals surface area contributed by atoms with Crippen molar-refractivity contribution in [3.05, 3.63) is 11.8 Å². The number of hydrogen-bond acceptors (Lipinski definition) is 8. The fraction of sp³-hybridized carbons (Fsp3) is 0.611. The molecular weight excluding hydrogens is 366 g/mol. The van der Waals surface area contributed by atoms with Crippen molar-refractivity contribution in [3.8, 4) is 17.1 Å². The summed E-state index contributed by atoms with van der Waals surface area (Å²) >= 11 is 1.51. The largest absolute Gasteiger partial charge is 0.460 e. The van der Waals surface area contributed by atoms with Crippen LogP contribution < -0.4 is 10.1 Å². The van der Waals surface area contributed by atoms with Gasteiger partial charge in [-0.25, -0.2) is 4.98 Å². The minimum Gasteiger partial charge on any atom is -0.460 e. The summed E-state index contributed by atoms with van der Waals surface area (Å²) in [6.07, 6.45) is 7.68. The van der Waals surface area contributed by atoms with E-state index < -0.39 is 11.4 Å². The normalized spacial score (nSPS) is 27.1. The number of rotatable bonds is 1. The summed E-state index contributed by atoms with van der Waals surface area (Å²) in [5, 5.41) is 8.81. The summed E-state index contributed by atoms with van der Waals surface area (Å²) in [5.74, 6) is 0.656. The van der Waals surface area contributed by atoms with E-state index in [0.717, 1.165) is 61.4 Å². The van der Waals surface area contributed by atoms with Gasteiger partial charge < -0.3 is 19.5 Å². The van der Waals surface area contributed by atoms with Crippen LogP contribution in [0.3, 0.4) is 0 Å². The molecule has 27 heavy (non-hydrogen) atoms. The van der Waals surface area contributed by atoms with Crippen molar-refractivity contribution in [2.75, 3.05) is 31.3 Å². The lowest BCUT2D eigenvalue weighted by Gasteiger charge is -2.50. The average molecular weight is 387 g/mol. The van der Waals surface area contributed by atoms with E-state index >= 15 is 0 Å². The van der Waals surface area contributed by atoms with Crippen LogP contribution in [0.15, 0.2) is 11.4 Å². The zero-order chi connectivity index (χ0) is 18.1. The predicted molar refractivity (Wildman–Crippen MR) is 98.9 cm³/mol. The second kappa shape index (κ2) is 5.59. The smallest absolute Gasteiger partial charge is 0.230 e. The molecule has 1 saturated heterocycles. The number of anilines is 1. The highest BCUT2D eigenvalue weighted by atomic mass is 32.2. The molecule has 1 unspecified atom stereocenters. The zero-order valence-electron chi connectivity index (χ0n) is 15.2. The molecule has 142 valence electrons. The van der Waals surface area contributed by atoms with Crippen molar-refractivity contribution >= 4 is 17.6 Å². The SMILES string of the molecule is CSc1nc2c3c(n1)OC1(CCCCC14OCCO4)c1cnn(c1-3)CCN2. The second-order valence-electron chi connectivity index (χ2n) is 7.38. The van der Waals surface area contributed by atoms with Crippen molar-refractivity contribution in [1.29, 1.82) is 0 Å². The van der Waals surface area contributed by atoms with Crippen molar-refractivity contribution in [3.63, 3.8) is 0 Å². The van der Waals surface area contributed by atoms with E-state index in [1.807, 2.05) is 17.1 Å². The van der Waals surface area contributed by atoms with E-state index in [2.05, 4.69) is 10.3 Å². The third kappa shape index (κ3) is 1.99. The Morgan fingerprint density at radius 3 is 2.89 bits per heavy atom. The summed E-state index contributed by atoms with van der Waals surface area (Å²) in [4.78, 5) is 9.42. The van der Waals surface area contributed by atoms with Gasteiger partial charge >= 0.3 is 0 Å². The maximum absolute atomic E-state index is 6.74. The standard InChI is InChI=1S/C18H21N5O3S/c1-27-16-21-14-12-13-11(10-20-23(13)7-6-19-14)17(26-15(12)22-16)4-2-3-5-18(17)24-8-9-25-18/h10H,2-9H2,1H3,(H,19,21,22). The minimum atomic E-state index is -0.766. The molecule has 9 heteroatoms. The lowest BCUT2D eigenvalue weighted by molar-refractivity contribution is -0.283. The van der Waals surface area contributed by atoms with Crippen molar-refractivity contribution in [2.24, 2.45) is 0 Å². The van der Waals surface area contributed by atoms with Crippen LogP contribution in [0, 0.1) is 0 Å². The van der Waals surface area contributed by atoms with Gasteiger partial charge in [0.15, 0.2) is 10.8 Å². The first-order valence-corrected chi connectivity index (χ1v) is 10.7. The molecule has 6 rings (SSSR count). The predicted octanol–water partition coefficient (Wildman–Crippen LogP) is 2.39. The quantitative estimate of drug-likeness (QED) is 0.590. The highest BCUT2D eigenvalue weighted by Crippen LogP contribution is 2.58. The number of thioether (sulfide) groups is 1. The van der Waals surface area contributed by atoms with Gasteiger partial charge in [-0.1, -0.05) is 11.8 Å². The van der Waals surface area contributed by atoms with Crippen LogP contribution in [0.4, 0.5) is 5.82 Å². The minimum absolute atomic E-state index is 0.591. The first kappa shape index (κ1) is 16.1. The van der Waals surface area contributed by atoms with E-state index in [1.54, 1.807) is 0 Å². The highest BCUT2D eigenvalue weighted by molar-refractivity contribution is 7.98. The number of fused-ring (bicyclic) bond motifs is 2. The molecule has 0 aromatic carbocycles. The molecule has 2 spiro atoms. The van der Waals surface area contributed by atoms with Gasteiger partial charge in [0.1, 0.15) is 11.4 Å². The van der Waals surface area contributed by atoms with Crippen LogP contribution in [0.5, 0.6) is 5.88 Å². The molecule has 0 amide bonds. The van der Waals surface area contributed by atoms with Gasteiger partial charge in [-0.15, -0.1) is 0 Å². The topological polar surface area (TPSA) is 83.3 Å². The maximum atomic E-state index is 6.74. The Morgan fingerprint density at radius 1 is 1.19 bits per heavy atom. The number of hydrogen-bond donors (Lipinski definition) is 1. The molecule has 4 aliphatic rings. The molecule has 1 atom stereocenters. The molecule has 0 bridgehead atoms. The number of ether oxygens (including phenoxy) is 3. The van der Waals surface area contributed by atoms with Gasteiger partial charge in [-0.2, -0.15) is 10.1 Å². The van der Waals surface area contributed by atoms with Crippen LogP contribution in [0.25, 0.3) is 11.3 Å². The van der Waals surface area contributed by atoms with Gasteiger partial charge in [-0.3, -0.25) is 4.68 Å². The van der Waals surface area contributed by atoms with Crippen LogP contribution in [0.2, 0.25) is 0 Å². The number of aromatic nitrogens is 4. The summed E-state index contributed by atoms with van der Waals surface area (Å²) in [6, 6.07) is 0. The molecule has 3 aliphatic heterocycles. The molecule has 0 radical (unpaired) electrons. The zero-order valence-corrected chi connectivity index (χ0v) is 16.0. The Morgan fingerprint density at radius 2 is 2.04 bits per heavy atom. The Kier molecular flexibility index (Phi) is 3.34. The Bertz CT molecular complexity index is 926. The number of nitrogens with one attached hydrogen (secondary N) is 1. The van der Waals surface area contributed by atoms with Crippen molar-refractivity contribution in [1.82, 2.24) is 19.7 Å². The molecule has 5 heterocycles. The second-order valence-corrected chi connectivity index (χ2v) is 8.16. The fourth-order valence-corrected chi connectivity index (χ4v) is 5.32. The van der Waals surface area contributed by atoms with E-state index in [9.17, 15) is 0 Å². The first-order chi connectivity index (χ1) is 13.3. The van der Waals surface area contributed by atoms with E-state index in [-0.39, 0.29) is 0 Å². The van der Waals surface area contributed by atoms with Crippen molar-refractivity contribution in [2.45, 2.75) is 48.8 Å². The molecule has 1 aliphatic carbocycles. The van der Waals surface area contributed by atoms with Crippen molar-refractivity contribution < 1.29 is 14.2 Å². The average Bonchev–Trinajstić information content (AvgIpc) is 3.29. The van der Waals surface area contributed by atoms with Gasteiger partial charge in [0, 0.05) is 18.5 Å². The van der Waals surface area contributed by atoms with E-state index in [0.29, 0.717) is 24.3 Å². The Hall–Kier alpha value is -1.84. The van der Waals surface area contributed by atoms with E-state index in [4.69, 9.17) is 24.3 Å². The molecule has 1 N–H and O–H groups in total. The van der Waals surface area contributed by atoms with Crippen LogP contribution >= 0.6 is 11.8 Å². The summed E-state index contributed by atoms with van der Waals surface area (Å²) < 4.78 is 21.3.